The number of unbranched alkanes of at least 4 members (excludes halogenated alkanes) is 13. The van der Waals surface area contributed by atoms with Gasteiger partial charge < -0.3 is 9.47 Å². The number of rotatable bonds is 21. The zero-order valence-electron chi connectivity index (χ0n) is 22.1. The fraction of sp³-hybridized carbons (Fsp3) is 0.929. The first-order chi connectivity index (χ1) is 15.3. The number of esters is 2. The quantitative estimate of drug-likeness (QED) is 0.129. The third kappa shape index (κ3) is 19.6. The summed E-state index contributed by atoms with van der Waals surface area (Å²) in [6, 6.07) is 0. The maximum absolute atomic E-state index is 12.0. The summed E-state index contributed by atoms with van der Waals surface area (Å²) in [4.78, 5) is 23.8. The Morgan fingerprint density at radius 1 is 0.625 bits per heavy atom. The predicted molar refractivity (Wildman–Crippen MR) is 135 cm³/mol. The average Bonchev–Trinajstić information content (AvgIpc) is 2.74. The highest BCUT2D eigenvalue weighted by Gasteiger charge is 2.26. The van der Waals surface area contributed by atoms with Crippen LogP contribution in [0.5, 0.6) is 0 Å². The molecule has 0 aromatic heterocycles. The molecule has 0 saturated heterocycles. The fourth-order valence-electron chi connectivity index (χ4n) is 4.02. The van der Waals surface area contributed by atoms with Crippen LogP contribution in [0.1, 0.15) is 150 Å². The van der Waals surface area contributed by atoms with Crippen molar-refractivity contribution in [3.8, 4) is 0 Å². The maximum Gasteiger partial charge on any atom is 0.306 e. The Hall–Kier alpha value is -1.06. The van der Waals surface area contributed by atoms with Crippen LogP contribution in [0.4, 0.5) is 0 Å². The molecular weight excluding hydrogens is 400 g/mol. The molecule has 190 valence electrons. The van der Waals surface area contributed by atoms with E-state index in [0.717, 1.165) is 19.3 Å². The normalized spacial score (nSPS) is 12.5. The second kappa shape index (κ2) is 20.5. The van der Waals surface area contributed by atoms with Gasteiger partial charge in [-0.2, -0.15) is 0 Å². The van der Waals surface area contributed by atoms with Gasteiger partial charge in [-0.25, -0.2) is 0 Å². The van der Waals surface area contributed by atoms with Crippen molar-refractivity contribution in [1.29, 1.82) is 0 Å². The Morgan fingerprint density at radius 2 is 1.06 bits per heavy atom. The molecule has 0 aliphatic carbocycles. The van der Waals surface area contributed by atoms with Crippen LogP contribution in [-0.2, 0) is 19.1 Å². The smallest absolute Gasteiger partial charge is 0.306 e. The first kappa shape index (κ1) is 30.9. The van der Waals surface area contributed by atoms with Gasteiger partial charge in [-0.15, -0.1) is 0 Å². The molecule has 0 aliphatic heterocycles. The first-order valence-corrected chi connectivity index (χ1v) is 13.7. The van der Waals surface area contributed by atoms with Crippen LogP contribution in [-0.4, -0.2) is 24.6 Å². The monoisotopic (exact) mass is 454 g/mol. The van der Waals surface area contributed by atoms with E-state index in [9.17, 15) is 9.59 Å². The molecule has 32 heavy (non-hydrogen) atoms. The number of hydrogen-bond acceptors (Lipinski definition) is 4. The minimum absolute atomic E-state index is 0.0586. The minimum Gasteiger partial charge on any atom is -0.466 e. The summed E-state index contributed by atoms with van der Waals surface area (Å²) >= 11 is 0. The van der Waals surface area contributed by atoms with Crippen molar-refractivity contribution in [3.63, 3.8) is 0 Å². The van der Waals surface area contributed by atoms with Gasteiger partial charge >= 0.3 is 11.9 Å². The van der Waals surface area contributed by atoms with Gasteiger partial charge in [0.1, 0.15) is 6.10 Å². The largest absolute Gasteiger partial charge is 0.466 e. The Kier molecular flexibility index (Phi) is 19.9. The summed E-state index contributed by atoms with van der Waals surface area (Å²) in [7, 11) is 0. The molecule has 0 radical (unpaired) electrons. The van der Waals surface area contributed by atoms with E-state index in [1.54, 1.807) is 0 Å². The highest BCUT2D eigenvalue weighted by atomic mass is 16.5. The number of carbonyl (C=O) groups is 2. The Balaban J connectivity index is 3.44. The van der Waals surface area contributed by atoms with Gasteiger partial charge in [0.2, 0.25) is 0 Å². The Labute approximate surface area is 199 Å². The molecule has 1 unspecified atom stereocenters. The summed E-state index contributed by atoms with van der Waals surface area (Å²) in [5.74, 6) is -0.415. The molecule has 0 fully saturated rings. The summed E-state index contributed by atoms with van der Waals surface area (Å²) in [5.41, 5.74) is -0.0586. The van der Waals surface area contributed by atoms with Crippen molar-refractivity contribution < 1.29 is 19.1 Å². The topological polar surface area (TPSA) is 52.6 Å². The molecule has 0 spiro atoms. The molecule has 0 rings (SSSR count). The van der Waals surface area contributed by atoms with Crippen LogP contribution in [0.15, 0.2) is 0 Å². The molecule has 0 bridgehead atoms. The molecule has 4 heteroatoms. The van der Waals surface area contributed by atoms with E-state index in [1.807, 2.05) is 6.92 Å². The van der Waals surface area contributed by atoms with E-state index in [1.165, 1.54) is 77.0 Å². The standard InChI is InChI=1S/C28H54O4/c1-6-8-9-10-11-12-13-14-15-16-17-18-19-20-24-31-26(29)22-21-23-27(30)32-25(7-2)28(3,4)5/h25H,6-24H2,1-5H3. The van der Waals surface area contributed by atoms with Crippen molar-refractivity contribution in [2.45, 2.75) is 156 Å². The van der Waals surface area contributed by atoms with Gasteiger partial charge in [0.05, 0.1) is 6.61 Å². The van der Waals surface area contributed by atoms with E-state index in [2.05, 4.69) is 27.7 Å². The van der Waals surface area contributed by atoms with Gasteiger partial charge in [-0.05, 0) is 24.7 Å². The van der Waals surface area contributed by atoms with Crippen molar-refractivity contribution in [2.24, 2.45) is 5.41 Å². The Morgan fingerprint density at radius 3 is 1.50 bits per heavy atom. The van der Waals surface area contributed by atoms with Crippen LogP contribution in [0, 0.1) is 5.41 Å². The van der Waals surface area contributed by atoms with Crippen LogP contribution < -0.4 is 0 Å². The van der Waals surface area contributed by atoms with Crippen LogP contribution >= 0.6 is 0 Å². The van der Waals surface area contributed by atoms with Crippen LogP contribution in [0.3, 0.4) is 0 Å². The summed E-state index contributed by atoms with van der Waals surface area (Å²) in [6.07, 6.45) is 20.2. The van der Waals surface area contributed by atoms with E-state index in [4.69, 9.17) is 9.47 Å². The third-order valence-electron chi connectivity index (χ3n) is 6.13. The van der Waals surface area contributed by atoms with Crippen molar-refractivity contribution in [2.75, 3.05) is 6.61 Å². The van der Waals surface area contributed by atoms with Gasteiger partial charge in [-0.1, -0.05) is 118 Å². The van der Waals surface area contributed by atoms with Crippen LogP contribution in [0.25, 0.3) is 0 Å². The number of ether oxygens (including phenoxy) is 2. The van der Waals surface area contributed by atoms with Crippen molar-refractivity contribution in [1.82, 2.24) is 0 Å². The molecule has 0 aromatic rings. The molecule has 4 nitrogen and oxygen atoms in total. The highest BCUT2D eigenvalue weighted by molar-refractivity contribution is 5.72. The number of carbonyl (C=O) groups excluding carboxylic acids is 2. The number of hydrogen-bond donors (Lipinski definition) is 0. The van der Waals surface area contributed by atoms with E-state index in [-0.39, 0.29) is 29.9 Å². The average molecular weight is 455 g/mol. The predicted octanol–water partition coefficient (Wildman–Crippen LogP) is 8.55. The molecule has 0 amide bonds. The van der Waals surface area contributed by atoms with E-state index in [0.29, 0.717) is 19.4 Å². The lowest BCUT2D eigenvalue weighted by Gasteiger charge is -2.29. The van der Waals surface area contributed by atoms with E-state index < -0.39 is 0 Å². The maximum atomic E-state index is 12.0. The first-order valence-electron chi connectivity index (χ1n) is 13.7. The fourth-order valence-corrected chi connectivity index (χ4v) is 4.02. The zero-order valence-corrected chi connectivity index (χ0v) is 22.1. The van der Waals surface area contributed by atoms with Gasteiger partial charge in [0.15, 0.2) is 0 Å². The molecule has 0 N–H and O–H groups in total. The van der Waals surface area contributed by atoms with Crippen molar-refractivity contribution in [3.05, 3.63) is 0 Å². The molecule has 0 heterocycles. The molecule has 0 saturated carbocycles. The van der Waals surface area contributed by atoms with Gasteiger partial charge in [-0.3, -0.25) is 9.59 Å². The summed E-state index contributed by atoms with van der Waals surface area (Å²) in [6.45, 7) is 11.0. The highest BCUT2D eigenvalue weighted by Crippen LogP contribution is 2.25. The molecular formula is C28H54O4. The molecule has 0 aliphatic rings. The minimum atomic E-state index is -0.216. The SMILES string of the molecule is CCCCCCCCCCCCCCCCOC(=O)CCCC(=O)OC(CC)C(C)(C)C. The molecule has 1 atom stereocenters. The second-order valence-electron chi connectivity index (χ2n) is 10.4. The lowest BCUT2D eigenvalue weighted by molar-refractivity contribution is -0.155. The zero-order chi connectivity index (χ0) is 24.1. The third-order valence-corrected chi connectivity index (χ3v) is 6.13. The van der Waals surface area contributed by atoms with E-state index >= 15 is 0 Å². The van der Waals surface area contributed by atoms with Crippen molar-refractivity contribution >= 4 is 11.9 Å². The molecule has 0 aromatic carbocycles. The Bertz CT molecular complexity index is 453. The lowest BCUT2D eigenvalue weighted by atomic mass is 9.87. The lowest BCUT2D eigenvalue weighted by Crippen LogP contribution is -2.31. The van der Waals surface area contributed by atoms with Crippen LogP contribution in [0.2, 0.25) is 0 Å². The second-order valence-corrected chi connectivity index (χ2v) is 10.4. The van der Waals surface area contributed by atoms with Gasteiger partial charge in [0, 0.05) is 12.8 Å². The summed E-state index contributed by atoms with van der Waals surface area (Å²) in [5, 5.41) is 0. The van der Waals surface area contributed by atoms with Gasteiger partial charge in [0.25, 0.3) is 0 Å². The summed E-state index contributed by atoms with van der Waals surface area (Å²) < 4.78 is 10.8.